The van der Waals surface area contributed by atoms with E-state index in [0.29, 0.717) is 12.3 Å². The number of benzene rings is 1. The van der Waals surface area contributed by atoms with E-state index in [1.54, 1.807) is 12.1 Å². The van der Waals surface area contributed by atoms with Gasteiger partial charge in [0.25, 0.3) is 11.8 Å². The third kappa shape index (κ3) is 3.87. The van der Waals surface area contributed by atoms with Crippen LogP contribution in [0.3, 0.4) is 0 Å². The third-order valence-electron chi connectivity index (χ3n) is 5.28. The number of para-hydroxylation sites is 1. The van der Waals surface area contributed by atoms with Gasteiger partial charge in [-0.15, -0.1) is 11.8 Å². The number of hydrogen-bond donors (Lipinski definition) is 1. The number of amides is 2. The van der Waals surface area contributed by atoms with Crippen LogP contribution in [-0.2, 0) is 9.59 Å². The highest BCUT2D eigenvalue weighted by Crippen LogP contribution is 2.45. The first-order valence-electron chi connectivity index (χ1n) is 8.39. The standard InChI is InChI=1S/C18H28N2O3SSi/c1-17(2,3)25(5,6)20-13-18(24-4,16(20)22)19-15(21)12-23-14-10-8-7-9-11-14/h7-11H,12-13H2,1-6H3,(H,19,21). The molecule has 2 rings (SSSR count). The molecule has 0 radical (unpaired) electrons. The fourth-order valence-corrected chi connectivity index (χ4v) is 5.66. The van der Waals surface area contributed by atoms with E-state index < -0.39 is 13.1 Å². The minimum absolute atomic E-state index is 0.0136. The number of thioether (sulfide) groups is 1. The fraction of sp³-hybridized carbons (Fsp3) is 0.556. The fourth-order valence-electron chi connectivity index (χ4n) is 2.57. The average Bonchev–Trinajstić information content (AvgIpc) is 2.55. The Bertz CT molecular complexity index is 645. The number of rotatable bonds is 6. The van der Waals surface area contributed by atoms with E-state index >= 15 is 0 Å². The highest BCUT2D eigenvalue weighted by atomic mass is 32.2. The third-order valence-corrected chi connectivity index (χ3v) is 11.8. The minimum atomic E-state index is -1.92. The maximum absolute atomic E-state index is 12.9. The smallest absolute Gasteiger partial charge is 0.259 e. The lowest BCUT2D eigenvalue weighted by Gasteiger charge is -2.57. The number of nitrogens with one attached hydrogen (secondary N) is 1. The molecule has 138 valence electrons. The summed E-state index contributed by atoms with van der Waals surface area (Å²) in [6, 6.07) is 9.18. The van der Waals surface area contributed by atoms with Crippen LogP contribution in [-0.4, -0.2) is 48.9 Å². The van der Waals surface area contributed by atoms with Crippen molar-refractivity contribution < 1.29 is 14.3 Å². The Morgan fingerprint density at radius 1 is 1.32 bits per heavy atom. The molecule has 1 aromatic carbocycles. The second kappa shape index (κ2) is 7.03. The van der Waals surface area contributed by atoms with Crippen LogP contribution in [0.4, 0.5) is 0 Å². The van der Waals surface area contributed by atoms with Crippen molar-refractivity contribution >= 4 is 31.8 Å². The quantitative estimate of drug-likeness (QED) is 0.468. The van der Waals surface area contributed by atoms with E-state index in [4.69, 9.17) is 4.74 Å². The molecule has 2 amide bonds. The highest BCUT2D eigenvalue weighted by molar-refractivity contribution is 8.00. The Morgan fingerprint density at radius 2 is 1.92 bits per heavy atom. The van der Waals surface area contributed by atoms with Crippen LogP contribution in [0.25, 0.3) is 0 Å². The summed E-state index contributed by atoms with van der Waals surface area (Å²) in [5, 5.41) is 2.96. The summed E-state index contributed by atoms with van der Waals surface area (Å²) >= 11 is 1.39. The molecule has 1 aliphatic rings. The molecular weight excluding hydrogens is 352 g/mol. The first kappa shape index (κ1) is 19.8. The zero-order chi connectivity index (χ0) is 18.9. The first-order chi connectivity index (χ1) is 11.5. The van der Waals surface area contributed by atoms with Gasteiger partial charge in [-0.2, -0.15) is 0 Å². The number of hydrogen-bond acceptors (Lipinski definition) is 4. The van der Waals surface area contributed by atoms with Gasteiger partial charge in [0, 0.05) is 0 Å². The van der Waals surface area contributed by atoms with Crippen LogP contribution in [0, 0.1) is 0 Å². The van der Waals surface area contributed by atoms with Crippen LogP contribution >= 0.6 is 11.8 Å². The van der Waals surface area contributed by atoms with Crippen molar-refractivity contribution in [2.24, 2.45) is 0 Å². The monoisotopic (exact) mass is 380 g/mol. The first-order valence-corrected chi connectivity index (χ1v) is 12.6. The van der Waals surface area contributed by atoms with Crippen molar-refractivity contribution in [3.63, 3.8) is 0 Å². The van der Waals surface area contributed by atoms with Gasteiger partial charge in [0.1, 0.15) is 5.75 Å². The molecule has 1 heterocycles. The van der Waals surface area contributed by atoms with Gasteiger partial charge < -0.3 is 14.6 Å². The van der Waals surface area contributed by atoms with E-state index in [9.17, 15) is 9.59 Å². The van der Waals surface area contributed by atoms with Crippen LogP contribution < -0.4 is 10.1 Å². The summed E-state index contributed by atoms with van der Waals surface area (Å²) in [4.78, 5) is 24.3. The van der Waals surface area contributed by atoms with Gasteiger partial charge >= 0.3 is 0 Å². The van der Waals surface area contributed by atoms with Gasteiger partial charge in [0.15, 0.2) is 19.7 Å². The van der Waals surface area contributed by atoms with Crippen LogP contribution in [0.1, 0.15) is 20.8 Å². The molecule has 1 aromatic rings. The molecule has 1 saturated heterocycles. The molecule has 7 heteroatoms. The van der Waals surface area contributed by atoms with Crippen molar-refractivity contribution in [3.05, 3.63) is 30.3 Å². The maximum atomic E-state index is 12.9. The zero-order valence-electron chi connectivity index (χ0n) is 15.9. The predicted molar refractivity (Wildman–Crippen MR) is 105 cm³/mol. The summed E-state index contributed by atoms with van der Waals surface area (Å²) < 4.78 is 7.46. The molecule has 1 fully saturated rings. The lowest BCUT2D eigenvalue weighted by Crippen LogP contribution is -2.79. The topological polar surface area (TPSA) is 58.6 Å². The number of carbonyl (C=O) groups is 2. The number of nitrogens with zero attached hydrogens (tertiary/aromatic N) is 1. The molecule has 0 spiro atoms. The Hall–Kier alpha value is -1.47. The van der Waals surface area contributed by atoms with E-state index in [1.165, 1.54) is 11.8 Å². The van der Waals surface area contributed by atoms with Gasteiger partial charge in [0.2, 0.25) is 0 Å². The second-order valence-electron chi connectivity index (χ2n) is 7.88. The van der Waals surface area contributed by atoms with Crippen LogP contribution in [0.2, 0.25) is 18.1 Å². The summed E-state index contributed by atoms with van der Waals surface area (Å²) in [6.45, 7) is 11.4. The van der Waals surface area contributed by atoms with E-state index in [0.717, 1.165) is 0 Å². The van der Waals surface area contributed by atoms with Crippen molar-refractivity contribution in [1.82, 2.24) is 9.88 Å². The summed E-state index contributed by atoms with van der Waals surface area (Å²) in [6.07, 6.45) is 1.86. The Balaban J connectivity index is 1.98. The lowest BCUT2D eigenvalue weighted by molar-refractivity contribution is -0.144. The van der Waals surface area contributed by atoms with Crippen molar-refractivity contribution in [3.8, 4) is 5.75 Å². The van der Waals surface area contributed by atoms with E-state index in [-0.39, 0.29) is 23.5 Å². The van der Waals surface area contributed by atoms with Gasteiger partial charge in [-0.05, 0) is 23.4 Å². The lowest BCUT2D eigenvalue weighted by atomic mass is 10.1. The zero-order valence-corrected chi connectivity index (χ0v) is 17.7. The predicted octanol–water partition coefficient (Wildman–Crippen LogP) is 3.09. The molecule has 5 nitrogen and oxygen atoms in total. The molecule has 0 aromatic heterocycles. The normalized spacial score (nSPS) is 20.9. The minimum Gasteiger partial charge on any atom is -0.484 e. The summed E-state index contributed by atoms with van der Waals surface area (Å²) in [5.74, 6) is 0.375. The van der Waals surface area contributed by atoms with E-state index in [1.807, 2.05) is 29.0 Å². The summed E-state index contributed by atoms with van der Waals surface area (Å²) in [5.41, 5.74) is 0. The van der Waals surface area contributed by atoms with Crippen LogP contribution in [0.5, 0.6) is 5.75 Å². The molecule has 1 aliphatic heterocycles. The number of β-lactam (4-membered cyclic amide) rings is 1. The molecule has 25 heavy (non-hydrogen) atoms. The van der Waals surface area contributed by atoms with Gasteiger partial charge in [-0.25, -0.2) is 0 Å². The maximum Gasteiger partial charge on any atom is 0.259 e. The average molecular weight is 381 g/mol. The molecule has 1 unspecified atom stereocenters. The Labute approximate surface area is 155 Å². The van der Waals surface area contributed by atoms with Crippen LogP contribution in [0.15, 0.2) is 30.3 Å². The second-order valence-corrected chi connectivity index (χ2v) is 14.1. The van der Waals surface area contributed by atoms with Crippen molar-refractivity contribution in [2.45, 2.75) is 43.8 Å². The Kier molecular flexibility index (Phi) is 5.58. The molecule has 1 N–H and O–H groups in total. The molecule has 0 aliphatic carbocycles. The van der Waals surface area contributed by atoms with Crippen molar-refractivity contribution in [1.29, 1.82) is 0 Å². The number of ether oxygens (including phenoxy) is 1. The summed E-state index contributed by atoms with van der Waals surface area (Å²) in [7, 11) is -1.92. The van der Waals surface area contributed by atoms with Crippen molar-refractivity contribution in [2.75, 3.05) is 19.4 Å². The molecule has 0 bridgehead atoms. The Morgan fingerprint density at radius 3 is 2.40 bits per heavy atom. The van der Waals surface area contributed by atoms with Gasteiger partial charge in [-0.3, -0.25) is 9.59 Å². The molecular formula is C18H28N2O3SSi. The van der Waals surface area contributed by atoms with Gasteiger partial charge in [0.05, 0.1) is 6.54 Å². The SMILES string of the molecule is CSC1(NC(=O)COc2ccccc2)CN([Si](C)(C)C(C)(C)C)C1=O. The molecule has 1 atom stereocenters. The van der Waals surface area contributed by atoms with E-state index in [2.05, 4.69) is 39.2 Å². The number of carbonyl (C=O) groups excluding carboxylic acids is 2. The largest absolute Gasteiger partial charge is 0.484 e. The van der Waals surface area contributed by atoms with Gasteiger partial charge in [-0.1, -0.05) is 52.1 Å². The highest BCUT2D eigenvalue weighted by Gasteiger charge is 2.59. The molecule has 0 saturated carbocycles.